The van der Waals surface area contributed by atoms with Crippen LogP contribution in [0.2, 0.25) is 0 Å². The number of carbonyl (C=O) groups excluding carboxylic acids is 1. The summed E-state index contributed by atoms with van der Waals surface area (Å²) in [7, 11) is -3.32. The highest BCUT2D eigenvalue weighted by Gasteiger charge is 2.35. The molecule has 0 spiro atoms. The normalized spacial score (nSPS) is 19.7. The van der Waals surface area contributed by atoms with Gasteiger partial charge in [0.05, 0.1) is 11.3 Å². The molecule has 1 aromatic carbocycles. The summed E-state index contributed by atoms with van der Waals surface area (Å²) in [5.41, 5.74) is 3.34. The number of rotatable bonds is 3. The summed E-state index contributed by atoms with van der Waals surface area (Å²) >= 11 is 1.54. The maximum atomic E-state index is 12.6. The highest BCUT2D eigenvalue weighted by molar-refractivity contribution is 8.00. The van der Waals surface area contributed by atoms with Gasteiger partial charge in [-0.3, -0.25) is 10.6 Å². The van der Waals surface area contributed by atoms with E-state index in [4.69, 9.17) is 5.84 Å². The van der Waals surface area contributed by atoms with Crippen molar-refractivity contribution in [2.45, 2.75) is 5.37 Å². The molecule has 1 amide bonds. The van der Waals surface area contributed by atoms with Crippen molar-refractivity contribution in [3.05, 3.63) is 29.8 Å². The molecule has 1 saturated heterocycles. The average molecular weight is 315 g/mol. The van der Waals surface area contributed by atoms with Crippen molar-refractivity contribution in [1.29, 1.82) is 0 Å². The van der Waals surface area contributed by atoms with Crippen molar-refractivity contribution in [1.82, 2.24) is 4.90 Å². The number of hydrogen-bond donors (Lipinski definition) is 2. The standard InChI is InChI=1S/C12H17N3O3S2/c1-20(17,18)11-8-19-7-6-15(11)12(16)9-4-2-3-5-10(9)14-13/h2-5,11,14H,6-8,13H2,1H3. The van der Waals surface area contributed by atoms with Crippen molar-refractivity contribution < 1.29 is 13.2 Å². The number of sulfone groups is 1. The summed E-state index contributed by atoms with van der Waals surface area (Å²) in [5, 5.41) is -0.778. The van der Waals surface area contributed by atoms with Crippen molar-refractivity contribution in [3.63, 3.8) is 0 Å². The fraction of sp³-hybridized carbons (Fsp3) is 0.417. The molecule has 0 aliphatic carbocycles. The highest BCUT2D eigenvalue weighted by Crippen LogP contribution is 2.24. The van der Waals surface area contributed by atoms with Crippen LogP contribution in [0, 0.1) is 0 Å². The molecule has 0 saturated carbocycles. The molecular weight excluding hydrogens is 298 g/mol. The smallest absolute Gasteiger partial charge is 0.257 e. The minimum Gasteiger partial charge on any atom is -0.323 e. The van der Waals surface area contributed by atoms with E-state index >= 15 is 0 Å². The number of hydrogen-bond acceptors (Lipinski definition) is 6. The van der Waals surface area contributed by atoms with E-state index in [2.05, 4.69) is 5.43 Å². The van der Waals surface area contributed by atoms with Gasteiger partial charge in [-0.05, 0) is 12.1 Å². The minimum atomic E-state index is -3.32. The van der Waals surface area contributed by atoms with Gasteiger partial charge < -0.3 is 10.3 Å². The molecule has 2 rings (SSSR count). The van der Waals surface area contributed by atoms with Gasteiger partial charge in [-0.2, -0.15) is 11.8 Å². The Bertz CT molecular complexity index is 604. The van der Waals surface area contributed by atoms with Crippen molar-refractivity contribution in [2.24, 2.45) is 5.84 Å². The van der Waals surface area contributed by atoms with Crippen molar-refractivity contribution in [3.8, 4) is 0 Å². The molecule has 0 aromatic heterocycles. The van der Waals surface area contributed by atoms with Crippen LogP contribution >= 0.6 is 11.8 Å². The van der Waals surface area contributed by atoms with Crippen LogP contribution in [0.15, 0.2) is 24.3 Å². The van der Waals surface area contributed by atoms with Crippen LogP contribution in [0.5, 0.6) is 0 Å². The molecule has 1 unspecified atom stereocenters. The first kappa shape index (κ1) is 15.1. The number of thioether (sulfide) groups is 1. The van der Waals surface area contributed by atoms with Gasteiger partial charge in [0.2, 0.25) is 0 Å². The third-order valence-electron chi connectivity index (χ3n) is 3.15. The third-order valence-corrected chi connectivity index (χ3v) is 5.80. The number of nitrogens with two attached hydrogens (primary N) is 1. The lowest BCUT2D eigenvalue weighted by Crippen LogP contribution is -2.50. The summed E-state index contributed by atoms with van der Waals surface area (Å²) in [6.45, 7) is 0.417. The largest absolute Gasteiger partial charge is 0.323 e. The SMILES string of the molecule is CS(=O)(=O)C1CSCCN1C(=O)c1ccccc1NN. The number of para-hydroxylation sites is 1. The number of carbonyl (C=O) groups is 1. The number of hydrazine groups is 1. The molecule has 6 nitrogen and oxygen atoms in total. The first-order chi connectivity index (χ1) is 9.45. The molecular formula is C12H17N3O3S2. The van der Waals surface area contributed by atoms with Crippen LogP contribution in [0.3, 0.4) is 0 Å². The van der Waals surface area contributed by atoms with Gasteiger partial charge in [0, 0.05) is 24.3 Å². The third kappa shape index (κ3) is 3.08. The Balaban J connectivity index is 2.35. The number of anilines is 1. The molecule has 1 aromatic rings. The summed E-state index contributed by atoms with van der Waals surface area (Å²) in [6.07, 6.45) is 1.16. The summed E-state index contributed by atoms with van der Waals surface area (Å²) in [4.78, 5) is 14.0. The van der Waals surface area contributed by atoms with E-state index in [-0.39, 0.29) is 5.91 Å². The summed E-state index contributed by atoms with van der Waals surface area (Å²) in [5.74, 6) is 6.22. The Kier molecular flexibility index (Phi) is 4.56. The van der Waals surface area contributed by atoms with Gasteiger partial charge in [0.15, 0.2) is 9.84 Å². The van der Waals surface area contributed by atoms with E-state index < -0.39 is 15.2 Å². The molecule has 1 atom stereocenters. The zero-order valence-corrected chi connectivity index (χ0v) is 12.7. The molecule has 0 bridgehead atoms. The van der Waals surface area contributed by atoms with Gasteiger partial charge in [0.1, 0.15) is 5.37 Å². The topological polar surface area (TPSA) is 92.5 Å². The molecule has 8 heteroatoms. The summed E-state index contributed by atoms with van der Waals surface area (Å²) in [6, 6.07) is 6.80. The zero-order valence-electron chi connectivity index (χ0n) is 11.1. The van der Waals surface area contributed by atoms with E-state index in [1.807, 2.05) is 0 Å². The number of nitrogens with zero attached hydrogens (tertiary/aromatic N) is 1. The second kappa shape index (κ2) is 6.02. The number of nitrogens with one attached hydrogen (secondary N) is 1. The van der Waals surface area contributed by atoms with Crippen LogP contribution in [0.1, 0.15) is 10.4 Å². The molecule has 110 valence electrons. The Hall–Kier alpha value is -1.25. The maximum Gasteiger partial charge on any atom is 0.257 e. The van der Waals surface area contributed by atoms with Crippen LogP contribution in [0.4, 0.5) is 5.69 Å². The van der Waals surface area contributed by atoms with Crippen molar-refractivity contribution in [2.75, 3.05) is 29.7 Å². The Morgan fingerprint density at radius 2 is 2.15 bits per heavy atom. The van der Waals surface area contributed by atoms with E-state index in [1.165, 1.54) is 4.90 Å². The van der Waals surface area contributed by atoms with Crippen LogP contribution in [-0.2, 0) is 9.84 Å². The fourth-order valence-electron chi connectivity index (χ4n) is 2.12. The predicted molar refractivity (Wildman–Crippen MR) is 81.2 cm³/mol. The quantitative estimate of drug-likeness (QED) is 0.624. The van der Waals surface area contributed by atoms with Crippen LogP contribution < -0.4 is 11.3 Å². The van der Waals surface area contributed by atoms with Gasteiger partial charge >= 0.3 is 0 Å². The second-order valence-electron chi connectivity index (χ2n) is 4.55. The molecule has 1 fully saturated rings. The van der Waals surface area contributed by atoms with Gasteiger partial charge in [0.25, 0.3) is 5.91 Å². The summed E-state index contributed by atoms with van der Waals surface area (Å²) < 4.78 is 23.7. The lowest BCUT2D eigenvalue weighted by atomic mass is 10.1. The molecule has 0 radical (unpaired) electrons. The van der Waals surface area contributed by atoms with Gasteiger partial charge in [-0.15, -0.1) is 0 Å². The zero-order chi connectivity index (χ0) is 14.8. The monoisotopic (exact) mass is 315 g/mol. The van der Waals surface area contributed by atoms with E-state index in [9.17, 15) is 13.2 Å². The number of amides is 1. The Morgan fingerprint density at radius 3 is 2.80 bits per heavy atom. The molecule has 1 aliphatic heterocycles. The van der Waals surface area contributed by atoms with Crippen LogP contribution in [0.25, 0.3) is 0 Å². The Labute approximate surface area is 122 Å². The maximum absolute atomic E-state index is 12.6. The molecule has 3 N–H and O–H groups in total. The number of benzene rings is 1. The van der Waals surface area contributed by atoms with Crippen molar-refractivity contribution >= 4 is 33.2 Å². The highest BCUT2D eigenvalue weighted by atomic mass is 32.2. The van der Waals surface area contributed by atoms with Crippen LogP contribution in [-0.4, -0.2) is 48.9 Å². The molecule has 1 aliphatic rings. The lowest BCUT2D eigenvalue weighted by molar-refractivity contribution is 0.0750. The molecule has 1 heterocycles. The average Bonchev–Trinajstić information content (AvgIpc) is 2.45. The minimum absolute atomic E-state index is 0.311. The lowest BCUT2D eigenvalue weighted by Gasteiger charge is -2.34. The fourth-order valence-corrected chi connectivity index (χ4v) is 4.93. The van der Waals surface area contributed by atoms with Gasteiger partial charge in [-0.1, -0.05) is 12.1 Å². The number of nitrogen functional groups attached to an aromatic ring is 1. The van der Waals surface area contributed by atoms with E-state index in [1.54, 1.807) is 36.0 Å². The Morgan fingerprint density at radius 1 is 1.45 bits per heavy atom. The van der Waals surface area contributed by atoms with E-state index in [0.717, 1.165) is 12.0 Å². The second-order valence-corrected chi connectivity index (χ2v) is 7.90. The first-order valence-electron chi connectivity index (χ1n) is 6.08. The first-order valence-corrected chi connectivity index (χ1v) is 9.19. The predicted octanol–water partition coefficient (Wildman–Crippen LogP) is 0.532. The molecule has 20 heavy (non-hydrogen) atoms. The van der Waals surface area contributed by atoms with E-state index in [0.29, 0.717) is 23.5 Å². The van der Waals surface area contributed by atoms with Gasteiger partial charge in [-0.25, -0.2) is 8.42 Å².